The predicted octanol–water partition coefficient (Wildman–Crippen LogP) is 2.87. The topological polar surface area (TPSA) is 103 Å². The second-order valence-corrected chi connectivity index (χ2v) is 11.6. The molecule has 1 unspecified atom stereocenters. The van der Waals surface area contributed by atoms with E-state index in [-0.39, 0.29) is 18.3 Å². The SMILES string of the molecule is CN(c1cc(C(=O)N[C@H](CO)Cc2ccsc2)cc(N2CCC(c3ccccc3)C2)n1)S(C)(=O)=O. The van der Waals surface area contributed by atoms with E-state index in [0.29, 0.717) is 23.7 Å². The molecule has 0 aliphatic carbocycles. The van der Waals surface area contributed by atoms with E-state index in [1.54, 1.807) is 17.4 Å². The first-order chi connectivity index (χ1) is 16.7. The molecular weight excluding hydrogens is 484 g/mol. The number of aliphatic hydroxyl groups excluding tert-OH is 1. The molecule has 8 nitrogen and oxygen atoms in total. The number of rotatable bonds is 9. The molecule has 35 heavy (non-hydrogen) atoms. The second-order valence-electron chi connectivity index (χ2n) is 8.83. The highest BCUT2D eigenvalue weighted by Gasteiger charge is 2.27. The van der Waals surface area contributed by atoms with Crippen LogP contribution >= 0.6 is 11.3 Å². The normalized spacial score (nSPS) is 16.8. The Balaban J connectivity index is 1.60. The minimum absolute atomic E-state index is 0.177. The van der Waals surface area contributed by atoms with Gasteiger partial charge in [0.1, 0.15) is 11.6 Å². The maximum Gasteiger partial charge on any atom is 0.251 e. The summed E-state index contributed by atoms with van der Waals surface area (Å²) in [7, 11) is -2.15. The average molecular weight is 515 g/mol. The number of pyridine rings is 1. The summed E-state index contributed by atoms with van der Waals surface area (Å²) in [5.41, 5.74) is 2.58. The van der Waals surface area contributed by atoms with Crippen LogP contribution in [0.4, 0.5) is 11.6 Å². The van der Waals surface area contributed by atoms with Crippen molar-refractivity contribution in [1.82, 2.24) is 10.3 Å². The predicted molar refractivity (Wildman–Crippen MR) is 140 cm³/mol. The lowest BCUT2D eigenvalue weighted by molar-refractivity contribution is 0.0916. The number of aromatic nitrogens is 1. The van der Waals surface area contributed by atoms with Crippen LogP contribution < -0.4 is 14.5 Å². The van der Waals surface area contributed by atoms with Crippen molar-refractivity contribution in [2.45, 2.75) is 24.8 Å². The number of amides is 1. The Morgan fingerprint density at radius 1 is 1.29 bits per heavy atom. The molecule has 10 heteroatoms. The molecular formula is C25H30N4O4S2. The number of nitrogens with one attached hydrogen (secondary N) is 1. The summed E-state index contributed by atoms with van der Waals surface area (Å²) >= 11 is 1.56. The van der Waals surface area contributed by atoms with Crippen LogP contribution in [0.1, 0.15) is 33.8 Å². The number of anilines is 2. The number of carbonyl (C=O) groups is 1. The zero-order valence-electron chi connectivity index (χ0n) is 19.8. The first-order valence-electron chi connectivity index (χ1n) is 11.4. The molecule has 4 rings (SSSR count). The minimum Gasteiger partial charge on any atom is -0.394 e. The monoisotopic (exact) mass is 514 g/mol. The Morgan fingerprint density at radius 2 is 2.06 bits per heavy atom. The van der Waals surface area contributed by atoms with Gasteiger partial charge in [-0.05, 0) is 52.9 Å². The largest absolute Gasteiger partial charge is 0.394 e. The molecule has 1 aliphatic rings. The van der Waals surface area contributed by atoms with Crippen molar-refractivity contribution in [3.05, 3.63) is 76.0 Å². The zero-order valence-corrected chi connectivity index (χ0v) is 21.4. The molecule has 0 bridgehead atoms. The van der Waals surface area contributed by atoms with E-state index in [1.165, 1.54) is 18.7 Å². The third-order valence-electron chi connectivity index (χ3n) is 6.28. The van der Waals surface area contributed by atoms with Crippen LogP contribution in [0.2, 0.25) is 0 Å². The number of sulfonamides is 1. The van der Waals surface area contributed by atoms with E-state index in [1.807, 2.05) is 35.0 Å². The third kappa shape index (κ3) is 6.19. The molecule has 1 saturated heterocycles. The Labute approximate surface area is 210 Å². The van der Waals surface area contributed by atoms with Crippen LogP contribution in [0, 0.1) is 0 Å². The molecule has 2 N–H and O–H groups in total. The minimum atomic E-state index is -3.57. The van der Waals surface area contributed by atoms with Crippen LogP contribution in [-0.4, -0.2) is 63.5 Å². The Morgan fingerprint density at radius 3 is 2.71 bits per heavy atom. The zero-order chi connectivity index (χ0) is 25.0. The molecule has 1 amide bonds. The fourth-order valence-corrected chi connectivity index (χ4v) is 5.33. The van der Waals surface area contributed by atoms with Crippen molar-refractivity contribution in [2.75, 3.05) is 42.2 Å². The van der Waals surface area contributed by atoms with Gasteiger partial charge in [0, 0.05) is 31.6 Å². The first-order valence-corrected chi connectivity index (χ1v) is 14.2. The maximum absolute atomic E-state index is 13.2. The van der Waals surface area contributed by atoms with Crippen LogP contribution in [0.5, 0.6) is 0 Å². The van der Waals surface area contributed by atoms with Gasteiger partial charge in [0.25, 0.3) is 5.91 Å². The molecule has 3 aromatic rings. The smallest absolute Gasteiger partial charge is 0.251 e. The van der Waals surface area contributed by atoms with E-state index in [4.69, 9.17) is 0 Å². The lowest BCUT2D eigenvalue weighted by Crippen LogP contribution is -2.39. The van der Waals surface area contributed by atoms with Crippen LogP contribution in [0.3, 0.4) is 0 Å². The highest BCUT2D eigenvalue weighted by atomic mass is 32.2. The number of hydrogen-bond donors (Lipinski definition) is 2. The van der Waals surface area contributed by atoms with Crippen molar-refractivity contribution in [3.8, 4) is 0 Å². The van der Waals surface area contributed by atoms with Crippen molar-refractivity contribution in [2.24, 2.45) is 0 Å². The Hall–Kier alpha value is -2.95. The number of thiophene rings is 1. The second kappa shape index (κ2) is 10.8. The van der Waals surface area contributed by atoms with E-state index < -0.39 is 16.1 Å². The molecule has 2 atom stereocenters. The number of nitrogens with zero attached hydrogens (tertiary/aromatic N) is 3. The summed E-state index contributed by atoms with van der Waals surface area (Å²) in [6.07, 6.45) is 2.54. The summed E-state index contributed by atoms with van der Waals surface area (Å²) < 4.78 is 25.5. The van der Waals surface area contributed by atoms with Gasteiger partial charge in [-0.1, -0.05) is 30.3 Å². The fourth-order valence-electron chi connectivity index (χ4n) is 4.21. The van der Waals surface area contributed by atoms with Gasteiger partial charge in [0.2, 0.25) is 10.0 Å². The van der Waals surface area contributed by atoms with Gasteiger partial charge >= 0.3 is 0 Å². The van der Waals surface area contributed by atoms with Crippen LogP contribution in [0.15, 0.2) is 59.3 Å². The number of aliphatic hydroxyl groups is 1. The van der Waals surface area contributed by atoms with E-state index in [9.17, 15) is 18.3 Å². The molecule has 1 fully saturated rings. The molecule has 1 aromatic carbocycles. The summed E-state index contributed by atoms with van der Waals surface area (Å²) in [5.74, 6) is 0.678. The van der Waals surface area contributed by atoms with Crippen molar-refractivity contribution >= 4 is 38.9 Å². The highest BCUT2D eigenvalue weighted by molar-refractivity contribution is 7.92. The standard InChI is InChI=1S/C25H30N4O4S2/c1-28(35(2,32)33)23-13-21(25(31)26-22(16-30)12-18-9-11-34-17-18)14-24(27-23)29-10-8-20(15-29)19-6-4-3-5-7-19/h3-7,9,11,13-14,17,20,22,30H,8,10,12,15-16H2,1-2H3,(H,26,31)/t20?,22-/m0/s1. The van der Waals surface area contributed by atoms with Crippen LogP contribution in [-0.2, 0) is 16.4 Å². The van der Waals surface area contributed by atoms with Gasteiger partial charge in [0.15, 0.2) is 0 Å². The number of hydrogen-bond acceptors (Lipinski definition) is 7. The van der Waals surface area contributed by atoms with Gasteiger partial charge in [-0.2, -0.15) is 11.3 Å². The first kappa shape index (κ1) is 25.2. The average Bonchev–Trinajstić information content (AvgIpc) is 3.55. The molecule has 3 heterocycles. The maximum atomic E-state index is 13.2. The van der Waals surface area contributed by atoms with Gasteiger partial charge in [0.05, 0.1) is 18.9 Å². The van der Waals surface area contributed by atoms with Crippen molar-refractivity contribution in [1.29, 1.82) is 0 Å². The molecule has 0 radical (unpaired) electrons. The van der Waals surface area contributed by atoms with Crippen molar-refractivity contribution in [3.63, 3.8) is 0 Å². The molecule has 2 aromatic heterocycles. The fraction of sp³-hybridized carbons (Fsp3) is 0.360. The highest BCUT2D eigenvalue weighted by Crippen LogP contribution is 2.31. The Kier molecular flexibility index (Phi) is 7.73. The number of benzene rings is 1. The summed E-state index contributed by atoms with van der Waals surface area (Å²) in [6, 6.07) is 14.9. The summed E-state index contributed by atoms with van der Waals surface area (Å²) in [6.45, 7) is 1.26. The van der Waals surface area contributed by atoms with Crippen LogP contribution in [0.25, 0.3) is 0 Å². The number of carbonyl (C=O) groups excluding carboxylic acids is 1. The van der Waals surface area contributed by atoms with Gasteiger partial charge in [-0.3, -0.25) is 9.10 Å². The van der Waals surface area contributed by atoms with E-state index >= 15 is 0 Å². The molecule has 0 saturated carbocycles. The van der Waals surface area contributed by atoms with Gasteiger partial charge in [-0.15, -0.1) is 0 Å². The van der Waals surface area contributed by atoms with Gasteiger partial charge in [-0.25, -0.2) is 13.4 Å². The van der Waals surface area contributed by atoms with E-state index in [0.717, 1.165) is 35.6 Å². The quantitative estimate of drug-likeness (QED) is 0.455. The van der Waals surface area contributed by atoms with E-state index in [2.05, 4.69) is 27.3 Å². The third-order valence-corrected chi connectivity index (χ3v) is 8.20. The molecule has 186 valence electrons. The van der Waals surface area contributed by atoms with Crippen molar-refractivity contribution < 1.29 is 18.3 Å². The molecule has 1 aliphatic heterocycles. The Bertz CT molecular complexity index is 1250. The lowest BCUT2D eigenvalue weighted by Gasteiger charge is -2.23. The lowest BCUT2D eigenvalue weighted by atomic mass is 9.99. The molecule has 0 spiro atoms. The summed E-state index contributed by atoms with van der Waals surface area (Å²) in [4.78, 5) is 19.9. The summed E-state index contributed by atoms with van der Waals surface area (Å²) in [5, 5.41) is 16.6. The van der Waals surface area contributed by atoms with Gasteiger partial charge < -0.3 is 15.3 Å².